The summed E-state index contributed by atoms with van der Waals surface area (Å²) in [5, 5.41) is 2.25. The van der Waals surface area contributed by atoms with Gasteiger partial charge in [0.15, 0.2) is 5.54 Å². The number of para-hydroxylation sites is 1. The minimum Gasteiger partial charge on any atom is -0.496 e. The molecule has 0 radical (unpaired) electrons. The molecule has 0 spiro atoms. The maximum absolute atomic E-state index is 12.7. The van der Waals surface area contributed by atoms with E-state index in [0.29, 0.717) is 18.2 Å². The summed E-state index contributed by atoms with van der Waals surface area (Å²) in [6, 6.07) is 6.07. The van der Waals surface area contributed by atoms with Gasteiger partial charge in [0.2, 0.25) is 5.91 Å². The topological polar surface area (TPSA) is 64.3 Å². The van der Waals surface area contributed by atoms with Crippen molar-refractivity contribution in [2.45, 2.75) is 31.6 Å². The number of halogens is 3. The average Bonchev–Trinajstić information content (AvgIpc) is 2.37. The van der Waals surface area contributed by atoms with Crippen molar-refractivity contribution in [2.75, 3.05) is 7.11 Å². The number of nitrogens with one attached hydrogen (secondary N) is 1. The van der Waals surface area contributed by atoms with Gasteiger partial charge in [0.05, 0.1) is 13.2 Å². The van der Waals surface area contributed by atoms with Crippen LogP contribution in [0.5, 0.6) is 5.75 Å². The number of amides is 1. The average molecular weight is 290 g/mol. The Morgan fingerprint density at radius 3 is 2.40 bits per heavy atom. The van der Waals surface area contributed by atoms with Crippen LogP contribution in [0.25, 0.3) is 0 Å². The van der Waals surface area contributed by atoms with Crippen LogP contribution >= 0.6 is 0 Å². The molecule has 0 aromatic heterocycles. The third kappa shape index (κ3) is 3.22. The summed E-state index contributed by atoms with van der Waals surface area (Å²) in [4.78, 5) is 11.7. The molecule has 112 valence electrons. The monoisotopic (exact) mass is 290 g/mol. The van der Waals surface area contributed by atoms with Crippen LogP contribution in [-0.2, 0) is 4.79 Å². The van der Waals surface area contributed by atoms with Gasteiger partial charge in [-0.3, -0.25) is 4.79 Å². The van der Waals surface area contributed by atoms with Gasteiger partial charge in [-0.05, 0) is 19.9 Å². The number of rotatable bonds is 4. The van der Waals surface area contributed by atoms with Gasteiger partial charge in [0.25, 0.3) is 0 Å². The maximum Gasteiger partial charge on any atom is 0.415 e. The number of benzene rings is 1. The second kappa shape index (κ2) is 5.70. The quantitative estimate of drug-likeness (QED) is 0.893. The summed E-state index contributed by atoms with van der Waals surface area (Å²) >= 11 is 0. The summed E-state index contributed by atoms with van der Waals surface area (Å²) < 4.78 is 43.1. The van der Waals surface area contributed by atoms with Crippen LogP contribution in [0.3, 0.4) is 0 Å². The maximum atomic E-state index is 12.7. The Kier molecular flexibility index (Phi) is 4.65. The highest BCUT2D eigenvalue weighted by Crippen LogP contribution is 2.30. The molecule has 0 aliphatic carbocycles. The van der Waals surface area contributed by atoms with Crippen molar-refractivity contribution < 1.29 is 22.7 Å². The van der Waals surface area contributed by atoms with Gasteiger partial charge >= 0.3 is 6.18 Å². The van der Waals surface area contributed by atoms with E-state index in [1.807, 2.05) is 0 Å². The third-order valence-electron chi connectivity index (χ3n) is 3.01. The molecular formula is C13H17F3N2O2. The van der Waals surface area contributed by atoms with E-state index in [1.165, 1.54) is 7.11 Å². The number of hydrogen-bond acceptors (Lipinski definition) is 3. The fourth-order valence-electron chi connectivity index (χ4n) is 1.58. The lowest BCUT2D eigenvalue weighted by molar-refractivity contribution is -0.187. The molecule has 1 aromatic carbocycles. The lowest BCUT2D eigenvalue weighted by Crippen LogP contribution is -2.61. The highest BCUT2D eigenvalue weighted by Gasteiger charge is 2.54. The number of methoxy groups -OCH3 is 1. The second-order valence-electron chi connectivity index (χ2n) is 4.64. The molecule has 1 aromatic rings. The predicted molar refractivity (Wildman–Crippen MR) is 68.2 cm³/mol. The minimum absolute atomic E-state index is 0.478. The van der Waals surface area contributed by atoms with E-state index < -0.39 is 23.7 Å². The Morgan fingerprint density at radius 1 is 1.35 bits per heavy atom. The van der Waals surface area contributed by atoms with E-state index >= 15 is 0 Å². The lowest BCUT2D eigenvalue weighted by Gasteiger charge is -2.28. The number of carbonyl (C=O) groups is 1. The zero-order valence-corrected chi connectivity index (χ0v) is 11.4. The largest absolute Gasteiger partial charge is 0.496 e. The van der Waals surface area contributed by atoms with Crippen molar-refractivity contribution in [1.29, 1.82) is 0 Å². The summed E-state index contributed by atoms with van der Waals surface area (Å²) in [6.45, 7) is 2.19. The molecule has 0 aliphatic rings. The SMILES string of the molecule is COc1ccccc1[C@H](C)NC(=O)C(C)(N)C(F)(F)F. The molecule has 0 fully saturated rings. The van der Waals surface area contributed by atoms with Crippen molar-refractivity contribution in [1.82, 2.24) is 5.32 Å². The molecule has 0 saturated heterocycles. The van der Waals surface area contributed by atoms with Crippen molar-refractivity contribution in [3.8, 4) is 5.75 Å². The highest BCUT2D eigenvalue weighted by atomic mass is 19.4. The fraction of sp³-hybridized carbons (Fsp3) is 0.462. The van der Waals surface area contributed by atoms with Crippen LogP contribution in [0.4, 0.5) is 13.2 Å². The van der Waals surface area contributed by atoms with Gasteiger partial charge in [0.1, 0.15) is 5.75 Å². The Bertz CT molecular complexity index is 487. The first-order chi connectivity index (χ1) is 9.11. The van der Waals surface area contributed by atoms with Gasteiger partial charge in [-0.25, -0.2) is 0 Å². The summed E-state index contributed by atoms with van der Waals surface area (Å²) in [5.41, 5.74) is 2.70. The number of carbonyl (C=O) groups excluding carboxylic acids is 1. The summed E-state index contributed by atoms with van der Waals surface area (Å²) in [6.07, 6.45) is -4.82. The zero-order chi connectivity index (χ0) is 15.6. The standard InChI is InChI=1S/C13H17F3N2O2/c1-8(9-6-4-5-7-10(9)20-3)18-11(19)12(2,17)13(14,15)16/h4-8H,17H2,1-3H3,(H,18,19)/t8-,12?/m0/s1. The normalized spacial score (nSPS) is 16.1. The second-order valence-corrected chi connectivity index (χ2v) is 4.64. The molecule has 7 heteroatoms. The van der Waals surface area contributed by atoms with Gasteiger partial charge in [0, 0.05) is 5.56 Å². The van der Waals surface area contributed by atoms with Gasteiger partial charge in [-0.2, -0.15) is 13.2 Å². The van der Waals surface area contributed by atoms with Crippen LogP contribution < -0.4 is 15.8 Å². The first kappa shape index (κ1) is 16.3. The Balaban J connectivity index is 2.91. The van der Waals surface area contributed by atoms with Crippen molar-refractivity contribution in [3.05, 3.63) is 29.8 Å². The Morgan fingerprint density at radius 2 is 1.90 bits per heavy atom. The molecule has 0 saturated carbocycles. The number of alkyl halides is 3. The van der Waals surface area contributed by atoms with Crippen molar-refractivity contribution in [2.24, 2.45) is 5.73 Å². The molecule has 1 amide bonds. The molecule has 20 heavy (non-hydrogen) atoms. The van der Waals surface area contributed by atoms with Gasteiger partial charge in [-0.1, -0.05) is 18.2 Å². The van der Waals surface area contributed by atoms with Crippen LogP contribution in [0.15, 0.2) is 24.3 Å². The Hall–Kier alpha value is -1.76. The summed E-state index contributed by atoms with van der Waals surface area (Å²) in [5.74, 6) is -0.811. The van der Waals surface area contributed by atoms with Gasteiger partial charge < -0.3 is 15.8 Å². The first-order valence-electron chi connectivity index (χ1n) is 5.90. The zero-order valence-electron chi connectivity index (χ0n) is 11.4. The van der Waals surface area contributed by atoms with E-state index in [0.717, 1.165) is 0 Å². The molecule has 0 aliphatic heterocycles. The van der Waals surface area contributed by atoms with E-state index in [2.05, 4.69) is 5.32 Å². The molecule has 0 bridgehead atoms. The predicted octanol–water partition coefficient (Wildman–Crippen LogP) is 2.15. The molecule has 4 nitrogen and oxygen atoms in total. The molecule has 1 rings (SSSR count). The molecule has 2 atom stereocenters. The molecule has 3 N–H and O–H groups in total. The number of ether oxygens (including phenoxy) is 1. The molecule has 0 heterocycles. The third-order valence-corrected chi connectivity index (χ3v) is 3.01. The molecular weight excluding hydrogens is 273 g/mol. The van der Waals surface area contributed by atoms with E-state index in [4.69, 9.17) is 10.5 Å². The minimum atomic E-state index is -4.82. The number of nitrogens with two attached hydrogens (primary N) is 1. The first-order valence-corrected chi connectivity index (χ1v) is 5.90. The van der Waals surface area contributed by atoms with Crippen LogP contribution in [0.2, 0.25) is 0 Å². The summed E-state index contributed by atoms with van der Waals surface area (Å²) in [7, 11) is 1.44. The van der Waals surface area contributed by atoms with Crippen molar-refractivity contribution >= 4 is 5.91 Å². The van der Waals surface area contributed by atoms with E-state index in [-0.39, 0.29) is 0 Å². The van der Waals surface area contributed by atoms with Crippen LogP contribution in [-0.4, -0.2) is 24.7 Å². The van der Waals surface area contributed by atoms with E-state index in [1.54, 1.807) is 31.2 Å². The van der Waals surface area contributed by atoms with E-state index in [9.17, 15) is 18.0 Å². The van der Waals surface area contributed by atoms with Gasteiger partial charge in [-0.15, -0.1) is 0 Å². The Labute approximate surface area is 115 Å². The number of hydrogen-bond donors (Lipinski definition) is 2. The van der Waals surface area contributed by atoms with Crippen LogP contribution in [0, 0.1) is 0 Å². The van der Waals surface area contributed by atoms with Crippen molar-refractivity contribution in [3.63, 3.8) is 0 Å². The highest BCUT2D eigenvalue weighted by molar-refractivity contribution is 5.87. The smallest absolute Gasteiger partial charge is 0.415 e. The molecule has 1 unspecified atom stereocenters. The van der Waals surface area contributed by atoms with Crippen LogP contribution in [0.1, 0.15) is 25.5 Å². The lowest BCUT2D eigenvalue weighted by atomic mass is 10.0. The fourth-order valence-corrected chi connectivity index (χ4v) is 1.58.